The largest absolute Gasteiger partial charge is 0.479 e. The minimum Gasteiger partial charge on any atom is -0.479 e. The molecule has 1 heterocycles. The van der Waals surface area contributed by atoms with Gasteiger partial charge in [0.2, 0.25) is 0 Å². The molecule has 2 aromatic rings. The first-order valence-electron chi connectivity index (χ1n) is 9.33. The Kier molecular flexibility index (Phi) is 6.30. The van der Waals surface area contributed by atoms with Crippen molar-refractivity contribution in [2.24, 2.45) is 0 Å². The first-order valence-corrected chi connectivity index (χ1v) is 11.5. The highest BCUT2D eigenvalue weighted by Gasteiger charge is 2.35. The van der Waals surface area contributed by atoms with Gasteiger partial charge in [-0.2, -0.15) is 0 Å². The van der Waals surface area contributed by atoms with E-state index >= 15 is 0 Å². The number of ether oxygens (including phenoxy) is 1. The maximum absolute atomic E-state index is 12.8. The summed E-state index contributed by atoms with van der Waals surface area (Å²) in [6, 6.07) is 15.0. The topological polar surface area (TPSA) is 63.7 Å². The third kappa shape index (κ3) is 4.67. The highest BCUT2D eigenvalue weighted by molar-refractivity contribution is 7.91. The molecule has 7 heteroatoms. The third-order valence-corrected chi connectivity index (χ3v) is 7.01. The van der Waals surface area contributed by atoms with E-state index in [1.807, 2.05) is 49.4 Å². The van der Waals surface area contributed by atoms with Gasteiger partial charge in [-0.15, -0.1) is 0 Å². The molecule has 0 spiro atoms. The van der Waals surface area contributed by atoms with Crippen LogP contribution in [0.4, 0.5) is 0 Å². The number of hydrogen-bond donors (Lipinski definition) is 0. The van der Waals surface area contributed by atoms with Crippen molar-refractivity contribution in [2.45, 2.75) is 32.4 Å². The Morgan fingerprint density at radius 3 is 2.50 bits per heavy atom. The predicted octanol–water partition coefficient (Wildman–Crippen LogP) is 3.81. The summed E-state index contributed by atoms with van der Waals surface area (Å²) in [5, 5.41) is 0.424. The lowest BCUT2D eigenvalue weighted by molar-refractivity contribution is -0.139. The summed E-state index contributed by atoms with van der Waals surface area (Å²) in [6.45, 7) is 3.94. The molecule has 1 fully saturated rings. The molecule has 150 valence electrons. The van der Waals surface area contributed by atoms with E-state index in [4.69, 9.17) is 16.3 Å². The molecule has 0 bridgehead atoms. The Balaban J connectivity index is 1.71. The summed E-state index contributed by atoms with van der Waals surface area (Å²) < 4.78 is 29.3. The monoisotopic (exact) mass is 421 g/mol. The van der Waals surface area contributed by atoms with Gasteiger partial charge in [0.15, 0.2) is 15.9 Å². The van der Waals surface area contributed by atoms with Crippen molar-refractivity contribution in [3.05, 3.63) is 53.6 Å². The van der Waals surface area contributed by atoms with Gasteiger partial charge in [0.1, 0.15) is 5.75 Å². The van der Waals surface area contributed by atoms with Crippen LogP contribution >= 0.6 is 11.6 Å². The van der Waals surface area contributed by atoms with Crippen molar-refractivity contribution in [1.82, 2.24) is 4.90 Å². The van der Waals surface area contributed by atoms with E-state index in [1.54, 1.807) is 17.9 Å². The zero-order valence-corrected chi connectivity index (χ0v) is 17.5. The number of nitrogens with zero attached hydrogens (tertiary/aromatic N) is 1. The zero-order chi connectivity index (χ0) is 20.3. The Labute approximate surface area is 171 Å². The molecule has 3 rings (SSSR count). The summed E-state index contributed by atoms with van der Waals surface area (Å²) >= 11 is 6.38. The minimum atomic E-state index is -3.06. The molecular formula is C21H24ClNO4S. The fourth-order valence-electron chi connectivity index (χ4n) is 3.50. The number of sulfone groups is 1. The first kappa shape index (κ1) is 20.7. The van der Waals surface area contributed by atoms with Gasteiger partial charge in [-0.25, -0.2) is 8.42 Å². The molecule has 1 aliphatic rings. The van der Waals surface area contributed by atoms with Crippen molar-refractivity contribution in [3.63, 3.8) is 0 Å². The van der Waals surface area contributed by atoms with Crippen LogP contribution in [0.2, 0.25) is 5.02 Å². The molecule has 1 aliphatic heterocycles. The summed E-state index contributed by atoms with van der Waals surface area (Å²) in [7, 11) is -3.06. The second-order valence-electron chi connectivity index (χ2n) is 6.95. The van der Waals surface area contributed by atoms with Gasteiger partial charge in [0, 0.05) is 12.6 Å². The number of rotatable bonds is 6. The lowest BCUT2D eigenvalue weighted by Gasteiger charge is -2.29. The molecule has 2 aromatic carbocycles. The zero-order valence-electron chi connectivity index (χ0n) is 16.0. The number of benzene rings is 2. The van der Waals surface area contributed by atoms with Crippen LogP contribution in [0.15, 0.2) is 48.5 Å². The van der Waals surface area contributed by atoms with Gasteiger partial charge in [-0.1, -0.05) is 48.0 Å². The highest BCUT2D eigenvalue weighted by Crippen LogP contribution is 2.31. The van der Waals surface area contributed by atoms with Gasteiger partial charge >= 0.3 is 0 Å². The van der Waals surface area contributed by atoms with Crippen molar-refractivity contribution in [1.29, 1.82) is 0 Å². The summed E-state index contributed by atoms with van der Waals surface area (Å²) in [6.07, 6.45) is -0.287. The van der Waals surface area contributed by atoms with Crippen LogP contribution in [0, 0.1) is 0 Å². The standard InChI is InChI=1S/C21H24ClNO4S/c1-3-23(18-11-12-28(25,26)14-18)21(24)15(2)27-20-10-9-17(13-19(20)22)16-7-5-4-6-8-16/h4-10,13,15,18H,3,11-12,14H2,1-2H3. The molecule has 2 atom stereocenters. The Morgan fingerprint density at radius 1 is 1.21 bits per heavy atom. The lowest BCUT2D eigenvalue weighted by Crippen LogP contribution is -2.46. The van der Waals surface area contributed by atoms with Crippen LogP contribution in [-0.2, 0) is 14.6 Å². The normalized spacial score (nSPS) is 19.2. The van der Waals surface area contributed by atoms with E-state index in [1.165, 1.54) is 0 Å². The highest BCUT2D eigenvalue weighted by atomic mass is 35.5. The van der Waals surface area contributed by atoms with Gasteiger partial charge in [0.25, 0.3) is 5.91 Å². The molecule has 1 saturated heterocycles. The quantitative estimate of drug-likeness (QED) is 0.711. The number of halogens is 1. The Morgan fingerprint density at radius 2 is 1.93 bits per heavy atom. The number of amides is 1. The smallest absolute Gasteiger partial charge is 0.263 e. The van der Waals surface area contributed by atoms with E-state index in [2.05, 4.69) is 0 Å². The van der Waals surface area contributed by atoms with Crippen molar-refractivity contribution in [3.8, 4) is 16.9 Å². The van der Waals surface area contributed by atoms with Crippen LogP contribution in [0.5, 0.6) is 5.75 Å². The average Bonchev–Trinajstić information content (AvgIpc) is 3.04. The van der Waals surface area contributed by atoms with Crippen molar-refractivity contribution >= 4 is 27.3 Å². The SMILES string of the molecule is CCN(C(=O)C(C)Oc1ccc(-c2ccccc2)cc1Cl)C1CCS(=O)(=O)C1. The second-order valence-corrected chi connectivity index (χ2v) is 9.59. The number of hydrogen-bond acceptors (Lipinski definition) is 4. The van der Waals surface area contributed by atoms with Crippen LogP contribution in [0.1, 0.15) is 20.3 Å². The molecule has 1 amide bonds. The van der Waals surface area contributed by atoms with Crippen LogP contribution in [-0.4, -0.2) is 49.4 Å². The number of carbonyl (C=O) groups excluding carboxylic acids is 1. The molecule has 0 N–H and O–H groups in total. The van der Waals surface area contributed by atoms with Crippen LogP contribution in [0.25, 0.3) is 11.1 Å². The summed E-state index contributed by atoms with van der Waals surface area (Å²) in [5.74, 6) is 0.347. The number of likely N-dealkylation sites (N-methyl/N-ethyl adjacent to an activating group) is 1. The first-order chi connectivity index (χ1) is 13.3. The fraction of sp³-hybridized carbons (Fsp3) is 0.381. The van der Waals surface area contributed by atoms with Gasteiger partial charge in [-0.3, -0.25) is 4.79 Å². The van der Waals surface area contributed by atoms with Gasteiger partial charge < -0.3 is 9.64 Å². The van der Waals surface area contributed by atoms with Gasteiger partial charge in [0.05, 0.1) is 16.5 Å². The van der Waals surface area contributed by atoms with Crippen molar-refractivity contribution < 1.29 is 17.9 Å². The summed E-state index contributed by atoms with van der Waals surface area (Å²) in [5.41, 5.74) is 2.00. The molecule has 0 aliphatic carbocycles. The maximum atomic E-state index is 12.8. The predicted molar refractivity (Wildman–Crippen MR) is 111 cm³/mol. The van der Waals surface area contributed by atoms with Crippen molar-refractivity contribution in [2.75, 3.05) is 18.1 Å². The molecule has 2 unspecified atom stereocenters. The van der Waals surface area contributed by atoms with E-state index < -0.39 is 15.9 Å². The Hall–Kier alpha value is -2.05. The molecule has 0 saturated carbocycles. The average molecular weight is 422 g/mol. The molecule has 0 aromatic heterocycles. The minimum absolute atomic E-state index is 0.0197. The van der Waals surface area contributed by atoms with E-state index in [9.17, 15) is 13.2 Å². The molecule has 0 radical (unpaired) electrons. The summed E-state index contributed by atoms with van der Waals surface area (Å²) in [4.78, 5) is 14.4. The molecule has 5 nitrogen and oxygen atoms in total. The van der Waals surface area contributed by atoms with Crippen LogP contribution in [0.3, 0.4) is 0 Å². The number of carbonyl (C=O) groups is 1. The molecule has 28 heavy (non-hydrogen) atoms. The second kappa shape index (κ2) is 8.53. The third-order valence-electron chi connectivity index (χ3n) is 4.96. The fourth-order valence-corrected chi connectivity index (χ4v) is 5.45. The van der Waals surface area contributed by atoms with Gasteiger partial charge in [-0.05, 0) is 43.5 Å². The lowest BCUT2D eigenvalue weighted by atomic mass is 10.1. The van der Waals surface area contributed by atoms with E-state index in [0.717, 1.165) is 11.1 Å². The van der Waals surface area contributed by atoms with Crippen LogP contribution < -0.4 is 4.74 Å². The van der Waals surface area contributed by atoms with E-state index in [0.29, 0.717) is 23.7 Å². The maximum Gasteiger partial charge on any atom is 0.263 e. The molecular weight excluding hydrogens is 398 g/mol. The Bertz CT molecular complexity index is 946. The van der Waals surface area contributed by atoms with E-state index in [-0.39, 0.29) is 23.5 Å².